The lowest BCUT2D eigenvalue weighted by molar-refractivity contribution is 0.327. The van der Waals surface area contributed by atoms with Crippen LogP contribution in [-0.4, -0.2) is 24.2 Å². The van der Waals surface area contributed by atoms with Crippen molar-refractivity contribution in [2.45, 2.75) is 32.7 Å². The van der Waals surface area contributed by atoms with Crippen LogP contribution < -0.4 is 15.8 Å². The topological polar surface area (TPSA) is 60.2 Å². The number of aromatic nitrogens is 1. The van der Waals surface area contributed by atoms with Gasteiger partial charge in [-0.2, -0.15) is 4.98 Å². The summed E-state index contributed by atoms with van der Waals surface area (Å²) in [4.78, 5) is 4.35. The second-order valence-electron chi connectivity index (χ2n) is 3.77. The van der Waals surface area contributed by atoms with Crippen molar-refractivity contribution in [1.29, 1.82) is 0 Å². The van der Waals surface area contributed by atoms with Crippen molar-refractivity contribution in [3.05, 3.63) is 18.2 Å². The summed E-state index contributed by atoms with van der Waals surface area (Å²) in [6.45, 7) is 5.45. The smallest absolute Gasteiger partial charge is 0.215 e. The molecule has 3 N–H and O–H groups in total. The van der Waals surface area contributed by atoms with Crippen LogP contribution >= 0.6 is 0 Å². The molecule has 0 aliphatic heterocycles. The van der Waals surface area contributed by atoms with E-state index >= 15 is 0 Å². The highest BCUT2D eigenvalue weighted by molar-refractivity contribution is 5.37. The summed E-state index contributed by atoms with van der Waals surface area (Å²) in [6, 6.07) is 6.13. The maximum Gasteiger partial charge on any atom is 0.215 e. The average Bonchev–Trinajstić information content (AvgIpc) is 2.27. The monoisotopic (exact) mass is 223 g/mol. The van der Waals surface area contributed by atoms with Crippen LogP contribution in [0.3, 0.4) is 0 Å². The molecule has 0 saturated carbocycles. The Bertz CT molecular complexity index is 304. The second-order valence-corrected chi connectivity index (χ2v) is 3.77. The minimum Gasteiger partial charge on any atom is -0.478 e. The molecule has 16 heavy (non-hydrogen) atoms. The van der Waals surface area contributed by atoms with Crippen LogP contribution in [0.25, 0.3) is 0 Å². The molecule has 1 rings (SSSR count). The molecule has 0 radical (unpaired) electrons. The van der Waals surface area contributed by atoms with Gasteiger partial charge < -0.3 is 15.8 Å². The lowest BCUT2D eigenvalue weighted by Crippen LogP contribution is -2.17. The summed E-state index contributed by atoms with van der Waals surface area (Å²) < 4.78 is 5.34. The molecule has 4 nitrogen and oxygen atoms in total. The molecule has 1 atom stereocenters. The lowest BCUT2D eigenvalue weighted by atomic mass is 10.2. The molecule has 4 heteroatoms. The molecule has 90 valence electrons. The molecule has 0 spiro atoms. The van der Waals surface area contributed by atoms with E-state index in [9.17, 15) is 0 Å². The van der Waals surface area contributed by atoms with Crippen molar-refractivity contribution in [1.82, 2.24) is 4.98 Å². The summed E-state index contributed by atoms with van der Waals surface area (Å²) in [6.07, 6.45) is 2.08. The normalized spacial score (nSPS) is 12.2. The molecular formula is C12H21N3O. The number of hydrogen-bond donors (Lipinski definition) is 2. The first-order valence-electron chi connectivity index (χ1n) is 5.82. The van der Waals surface area contributed by atoms with E-state index in [4.69, 9.17) is 10.5 Å². The Morgan fingerprint density at radius 1 is 1.50 bits per heavy atom. The molecule has 0 fully saturated rings. The Kier molecular flexibility index (Phi) is 5.64. The average molecular weight is 223 g/mol. The van der Waals surface area contributed by atoms with Crippen LogP contribution in [0.5, 0.6) is 5.88 Å². The fourth-order valence-corrected chi connectivity index (χ4v) is 1.47. The number of rotatable bonds is 7. The minimum absolute atomic E-state index is 0.382. The zero-order valence-corrected chi connectivity index (χ0v) is 10.1. The fraction of sp³-hybridized carbons (Fsp3) is 0.583. The maximum atomic E-state index is 5.47. The molecular weight excluding hydrogens is 202 g/mol. The Balaban J connectivity index is 2.49. The quantitative estimate of drug-likeness (QED) is 0.742. The summed E-state index contributed by atoms with van der Waals surface area (Å²) in [5.74, 6) is 1.52. The van der Waals surface area contributed by atoms with Crippen LogP contribution in [0.1, 0.15) is 26.7 Å². The van der Waals surface area contributed by atoms with E-state index < -0.39 is 0 Å². The highest BCUT2D eigenvalue weighted by atomic mass is 16.5. The molecule has 1 aromatic heterocycles. The van der Waals surface area contributed by atoms with Gasteiger partial charge in [-0.15, -0.1) is 0 Å². The third kappa shape index (κ3) is 4.49. The Hall–Kier alpha value is -1.29. The summed E-state index contributed by atoms with van der Waals surface area (Å²) >= 11 is 0. The van der Waals surface area contributed by atoms with E-state index in [0.717, 1.165) is 25.2 Å². The molecule has 1 heterocycles. The highest BCUT2D eigenvalue weighted by Crippen LogP contribution is 2.13. The van der Waals surface area contributed by atoms with Gasteiger partial charge in [0.15, 0.2) is 0 Å². The first-order chi connectivity index (χ1) is 7.76. The lowest BCUT2D eigenvalue weighted by Gasteiger charge is -2.14. The standard InChI is InChI=1S/C12H21N3O/c1-3-16-12-8-4-7-11(15-12)14-10(2)6-5-9-13/h4,7-8,10H,3,5-6,9,13H2,1-2H3,(H,14,15). The third-order valence-corrected chi connectivity index (χ3v) is 2.25. The Morgan fingerprint density at radius 2 is 2.31 bits per heavy atom. The van der Waals surface area contributed by atoms with E-state index in [1.54, 1.807) is 0 Å². The van der Waals surface area contributed by atoms with Crippen LogP contribution in [0, 0.1) is 0 Å². The van der Waals surface area contributed by atoms with Gasteiger partial charge in [0.05, 0.1) is 6.61 Å². The second kappa shape index (κ2) is 7.06. The minimum atomic E-state index is 0.382. The SMILES string of the molecule is CCOc1cccc(NC(C)CCCN)n1. The predicted molar refractivity (Wildman–Crippen MR) is 66.8 cm³/mol. The molecule has 1 aromatic rings. The number of nitrogens with zero attached hydrogens (tertiary/aromatic N) is 1. The fourth-order valence-electron chi connectivity index (χ4n) is 1.47. The first kappa shape index (κ1) is 12.8. The maximum absolute atomic E-state index is 5.47. The Morgan fingerprint density at radius 3 is 3.00 bits per heavy atom. The van der Waals surface area contributed by atoms with Gasteiger partial charge in [-0.05, 0) is 39.3 Å². The van der Waals surface area contributed by atoms with E-state index in [2.05, 4.69) is 17.2 Å². The van der Waals surface area contributed by atoms with Crippen LogP contribution in [0.4, 0.5) is 5.82 Å². The van der Waals surface area contributed by atoms with Crippen molar-refractivity contribution >= 4 is 5.82 Å². The van der Waals surface area contributed by atoms with Gasteiger partial charge in [0.2, 0.25) is 5.88 Å². The number of hydrogen-bond acceptors (Lipinski definition) is 4. The predicted octanol–water partition coefficient (Wildman–Crippen LogP) is 2.02. The van der Waals surface area contributed by atoms with Crippen LogP contribution in [0.2, 0.25) is 0 Å². The highest BCUT2D eigenvalue weighted by Gasteiger charge is 2.03. The number of nitrogens with two attached hydrogens (primary N) is 1. The van der Waals surface area contributed by atoms with Gasteiger partial charge >= 0.3 is 0 Å². The van der Waals surface area contributed by atoms with Crippen molar-refractivity contribution in [3.63, 3.8) is 0 Å². The van der Waals surface area contributed by atoms with Crippen molar-refractivity contribution in [2.24, 2.45) is 5.73 Å². The van der Waals surface area contributed by atoms with Gasteiger partial charge in [-0.25, -0.2) is 0 Å². The van der Waals surface area contributed by atoms with Gasteiger partial charge in [-0.3, -0.25) is 0 Å². The first-order valence-corrected chi connectivity index (χ1v) is 5.82. The van der Waals surface area contributed by atoms with Crippen LogP contribution in [-0.2, 0) is 0 Å². The van der Waals surface area contributed by atoms with Gasteiger partial charge in [0.1, 0.15) is 5.82 Å². The summed E-state index contributed by atoms with van der Waals surface area (Å²) in [7, 11) is 0. The van der Waals surface area contributed by atoms with E-state index in [-0.39, 0.29) is 0 Å². The molecule has 0 aliphatic carbocycles. The van der Waals surface area contributed by atoms with Crippen molar-refractivity contribution in [3.8, 4) is 5.88 Å². The third-order valence-electron chi connectivity index (χ3n) is 2.25. The zero-order chi connectivity index (χ0) is 11.8. The molecule has 0 amide bonds. The Labute approximate surface area is 97.2 Å². The van der Waals surface area contributed by atoms with Crippen LogP contribution in [0.15, 0.2) is 18.2 Å². The molecule has 0 bridgehead atoms. The van der Waals surface area contributed by atoms with Crippen molar-refractivity contribution in [2.75, 3.05) is 18.5 Å². The summed E-state index contributed by atoms with van der Waals surface area (Å²) in [5.41, 5.74) is 5.47. The number of ether oxygens (including phenoxy) is 1. The van der Waals surface area contributed by atoms with Crippen molar-refractivity contribution < 1.29 is 4.74 Å². The van der Waals surface area contributed by atoms with E-state index in [0.29, 0.717) is 18.5 Å². The molecule has 1 unspecified atom stereocenters. The number of pyridine rings is 1. The molecule has 0 aliphatic rings. The number of nitrogens with one attached hydrogen (secondary N) is 1. The largest absolute Gasteiger partial charge is 0.478 e. The number of anilines is 1. The van der Waals surface area contributed by atoms with Gasteiger partial charge in [-0.1, -0.05) is 6.07 Å². The summed E-state index contributed by atoms with van der Waals surface area (Å²) in [5, 5.41) is 3.33. The zero-order valence-electron chi connectivity index (χ0n) is 10.1. The van der Waals surface area contributed by atoms with E-state index in [1.165, 1.54) is 0 Å². The molecule has 0 aromatic carbocycles. The van der Waals surface area contributed by atoms with Gasteiger partial charge in [0.25, 0.3) is 0 Å². The van der Waals surface area contributed by atoms with Gasteiger partial charge in [0, 0.05) is 12.1 Å². The molecule has 0 saturated heterocycles. The van der Waals surface area contributed by atoms with E-state index in [1.807, 2.05) is 25.1 Å².